The number of nitrogens with one attached hydrogen (secondary N) is 1. The fourth-order valence-corrected chi connectivity index (χ4v) is 1.66. The van der Waals surface area contributed by atoms with Crippen LogP contribution < -0.4 is 5.32 Å². The van der Waals surface area contributed by atoms with E-state index in [0.717, 1.165) is 12.1 Å². The third kappa shape index (κ3) is 4.36. The van der Waals surface area contributed by atoms with E-state index in [1.54, 1.807) is 0 Å². The summed E-state index contributed by atoms with van der Waals surface area (Å²) < 4.78 is 37.5. The fraction of sp³-hybridized carbons (Fsp3) is 0.200. The number of carbonyl (C=O) groups is 2. The van der Waals surface area contributed by atoms with Crippen LogP contribution >= 0.6 is 15.9 Å². The van der Waals surface area contributed by atoms with Crippen molar-refractivity contribution in [3.05, 3.63) is 28.2 Å². The smallest absolute Gasteiger partial charge is 0.416 e. The summed E-state index contributed by atoms with van der Waals surface area (Å²) in [5.74, 6) is -2.26. The topological polar surface area (TPSA) is 66.4 Å². The van der Waals surface area contributed by atoms with Gasteiger partial charge in [-0.2, -0.15) is 13.2 Å². The predicted octanol–water partition coefficient (Wildman–Crippen LogP) is 2.88. The van der Waals surface area contributed by atoms with Gasteiger partial charge in [0.2, 0.25) is 5.91 Å². The maximum absolute atomic E-state index is 12.5. The molecule has 0 spiro atoms. The van der Waals surface area contributed by atoms with Gasteiger partial charge in [-0.25, -0.2) is 0 Å². The van der Waals surface area contributed by atoms with Crippen molar-refractivity contribution in [2.75, 3.05) is 5.32 Å². The highest BCUT2D eigenvalue weighted by Crippen LogP contribution is 2.33. The molecular weight excluding hydrogens is 319 g/mol. The molecule has 1 aromatic carbocycles. The zero-order valence-corrected chi connectivity index (χ0v) is 10.3. The van der Waals surface area contributed by atoms with Crippen molar-refractivity contribution in [1.82, 2.24) is 0 Å². The van der Waals surface area contributed by atoms with E-state index in [1.165, 1.54) is 6.07 Å². The summed E-state index contributed by atoms with van der Waals surface area (Å²) >= 11 is 2.88. The van der Waals surface area contributed by atoms with Crippen molar-refractivity contribution in [2.45, 2.75) is 12.6 Å². The zero-order chi connectivity index (χ0) is 13.9. The molecule has 0 heterocycles. The SMILES string of the molecule is O=C(O)CC(=O)Nc1cc(Br)cc(C(F)(F)F)c1. The van der Waals surface area contributed by atoms with E-state index >= 15 is 0 Å². The quantitative estimate of drug-likeness (QED) is 0.840. The molecule has 0 aliphatic carbocycles. The molecule has 18 heavy (non-hydrogen) atoms. The van der Waals surface area contributed by atoms with Gasteiger partial charge in [0.25, 0.3) is 0 Å². The van der Waals surface area contributed by atoms with Crippen molar-refractivity contribution in [1.29, 1.82) is 0 Å². The molecule has 0 unspecified atom stereocenters. The Kier molecular flexibility index (Phi) is 4.33. The number of alkyl halides is 3. The molecule has 0 radical (unpaired) electrons. The number of benzene rings is 1. The maximum Gasteiger partial charge on any atom is 0.416 e. The Morgan fingerprint density at radius 2 is 1.89 bits per heavy atom. The Labute approximate surface area is 108 Å². The van der Waals surface area contributed by atoms with Crippen LogP contribution in [0.15, 0.2) is 22.7 Å². The normalized spacial score (nSPS) is 11.1. The van der Waals surface area contributed by atoms with Crippen molar-refractivity contribution in [2.24, 2.45) is 0 Å². The summed E-state index contributed by atoms with van der Waals surface area (Å²) in [4.78, 5) is 21.3. The maximum atomic E-state index is 12.5. The number of carboxylic acid groups (broad SMARTS) is 1. The minimum atomic E-state index is -4.55. The van der Waals surface area contributed by atoms with Crippen molar-refractivity contribution >= 4 is 33.5 Å². The number of hydrogen-bond donors (Lipinski definition) is 2. The molecule has 1 amide bonds. The molecule has 0 saturated heterocycles. The molecule has 98 valence electrons. The number of anilines is 1. The molecule has 2 N–H and O–H groups in total. The Hall–Kier alpha value is -1.57. The number of amides is 1. The summed E-state index contributed by atoms with van der Waals surface area (Å²) in [6.07, 6.45) is -5.36. The van der Waals surface area contributed by atoms with Gasteiger partial charge in [0.05, 0.1) is 5.56 Å². The van der Waals surface area contributed by atoms with E-state index < -0.39 is 30.0 Å². The molecule has 0 saturated carbocycles. The monoisotopic (exact) mass is 325 g/mol. The molecule has 0 aliphatic heterocycles. The van der Waals surface area contributed by atoms with Gasteiger partial charge < -0.3 is 10.4 Å². The second-order valence-corrected chi connectivity index (χ2v) is 4.26. The summed E-state index contributed by atoms with van der Waals surface area (Å²) in [5.41, 5.74) is -1.06. The second-order valence-electron chi connectivity index (χ2n) is 3.35. The zero-order valence-electron chi connectivity index (χ0n) is 8.71. The molecule has 0 atom stereocenters. The Balaban J connectivity index is 2.94. The third-order valence-corrected chi connectivity index (χ3v) is 2.28. The lowest BCUT2D eigenvalue weighted by atomic mass is 10.2. The average Bonchev–Trinajstić information content (AvgIpc) is 2.13. The van der Waals surface area contributed by atoms with E-state index in [2.05, 4.69) is 21.2 Å². The van der Waals surface area contributed by atoms with Crippen LogP contribution in [-0.4, -0.2) is 17.0 Å². The fourth-order valence-electron chi connectivity index (χ4n) is 1.17. The summed E-state index contributed by atoms with van der Waals surface area (Å²) in [6, 6.07) is 2.83. The van der Waals surface area contributed by atoms with E-state index in [1.807, 2.05) is 0 Å². The molecule has 0 aromatic heterocycles. The van der Waals surface area contributed by atoms with Gasteiger partial charge in [0.1, 0.15) is 6.42 Å². The first-order valence-corrected chi connectivity index (χ1v) is 5.37. The Bertz CT molecular complexity index is 488. The Morgan fingerprint density at radius 3 is 2.39 bits per heavy atom. The van der Waals surface area contributed by atoms with E-state index in [-0.39, 0.29) is 10.2 Å². The number of carboxylic acids is 1. The molecular formula is C10H7BrF3NO3. The number of carbonyl (C=O) groups excluding carboxylic acids is 1. The predicted molar refractivity (Wildman–Crippen MR) is 60.0 cm³/mol. The highest BCUT2D eigenvalue weighted by Gasteiger charge is 2.31. The van der Waals surface area contributed by atoms with Gasteiger partial charge in [-0.3, -0.25) is 9.59 Å². The van der Waals surface area contributed by atoms with Crippen LogP contribution in [0.3, 0.4) is 0 Å². The summed E-state index contributed by atoms with van der Waals surface area (Å²) in [7, 11) is 0. The lowest BCUT2D eigenvalue weighted by Gasteiger charge is -2.10. The van der Waals surface area contributed by atoms with Crippen LogP contribution in [0.25, 0.3) is 0 Å². The molecule has 0 bridgehead atoms. The molecule has 8 heteroatoms. The molecule has 4 nitrogen and oxygen atoms in total. The number of aliphatic carboxylic acids is 1. The highest BCUT2D eigenvalue weighted by molar-refractivity contribution is 9.10. The van der Waals surface area contributed by atoms with Gasteiger partial charge in [0.15, 0.2) is 0 Å². The van der Waals surface area contributed by atoms with Gasteiger partial charge in [-0.1, -0.05) is 15.9 Å². The van der Waals surface area contributed by atoms with Gasteiger partial charge in [-0.05, 0) is 18.2 Å². The lowest BCUT2D eigenvalue weighted by Crippen LogP contribution is -2.16. The minimum absolute atomic E-state index is 0.122. The standard InChI is InChI=1S/C10H7BrF3NO3/c11-6-1-5(10(12,13)14)2-7(3-6)15-8(16)4-9(17)18/h1-3H,4H2,(H,15,16)(H,17,18). The first-order valence-electron chi connectivity index (χ1n) is 4.58. The van der Waals surface area contributed by atoms with E-state index in [4.69, 9.17) is 5.11 Å². The Morgan fingerprint density at radius 1 is 1.28 bits per heavy atom. The van der Waals surface area contributed by atoms with Crippen LogP contribution in [0.5, 0.6) is 0 Å². The molecule has 1 rings (SSSR count). The molecule has 0 aliphatic rings. The van der Waals surface area contributed by atoms with E-state index in [9.17, 15) is 22.8 Å². The number of rotatable bonds is 3. The average molecular weight is 326 g/mol. The minimum Gasteiger partial charge on any atom is -0.481 e. The van der Waals surface area contributed by atoms with Crippen LogP contribution in [-0.2, 0) is 15.8 Å². The third-order valence-electron chi connectivity index (χ3n) is 1.82. The van der Waals surface area contributed by atoms with Crippen molar-refractivity contribution in [3.8, 4) is 0 Å². The number of hydrogen-bond acceptors (Lipinski definition) is 2. The first-order chi connectivity index (χ1) is 8.18. The highest BCUT2D eigenvalue weighted by atomic mass is 79.9. The van der Waals surface area contributed by atoms with Crippen LogP contribution in [0.1, 0.15) is 12.0 Å². The van der Waals surface area contributed by atoms with Crippen LogP contribution in [0.2, 0.25) is 0 Å². The molecule has 1 aromatic rings. The van der Waals surface area contributed by atoms with E-state index in [0.29, 0.717) is 0 Å². The number of halogens is 4. The largest absolute Gasteiger partial charge is 0.481 e. The molecule has 0 fully saturated rings. The van der Waals surface area contributed by atoms with Gasteiger partial charge in [-0.15, -0.1) is 0 Å². The van der Waals surface area contributed by atoms with Gasteiger partial charge >= 0.3 is 12.1 Å². The summed E-state index contributed by atoms with van der Waals surface area (Å²) in [6.45, 7) is 0. The van der Waals surface area contributed by atoms with Crippen LogP contribution in [0.4, 0.5) is 18.9 Å². The van der Waals surface area contributed by atoms with Crippen LogP contribution in [0, 0.1) is 0 Å². The first kappa shape index (κ1) is 14.5. The summed E-state index contributed by atoms with van der Waals surface area (Å²) in [5, 5.41) is 10.4. The lowest BCUT2D eigenvalue weighted by molar-refractivity contribution is -0.140. The second kappa shape index (κ2) is 5.38. The van der Waals surface area contributed by atoms with Crippen molar-refractivity contribution < 1.29 is 27.9 Å². The van der Waals surface area contributed by atoms with Gasteiger partial charge in [0, 0.05) is 10.2 Å². The van der Waals surface area contributed by atoms with Crippen molar-refractivity contribution in [3.63, 3.8) is 0 Å².